The van der Waals surface area contributed by atoms with Gasteiger partial charge in [-0.05, 0) is 32.3 Å². The van der Waals surface area contributed by atoms with Crippen LogP contribution in [-0.4, -0.2) is 49.0 Å². The zero-order chi connectivity index (χ0) is 18.2. The Kier molecular flexibility index (Phi) is 9.44. The molecule has 1 heterocycles. The first-order chi connectivity index (χ1) is 12.0. The highest BCUT2D eigenvalue weighted by Gasteiger charge is 2.24. The normalized spacial score (nSPS) is 15.7. The summed E-state index contributed by atoms with van der Waals surface area (Å²) in [6, 6.07) is 7.78. The molecule has 7 heteroatoms. The number of nitrogens with one attached hydrogen (secondary N) is 1. The van der Waals surface area contributed by atoms with Crippen molar-refractivity contribution in [3.63, 3.8) is 0 Å². The van der Waals surface area contributed by atoms with Gasteiger partial charge in [0.15, 0.2) is 0 Å². The quantitative estimate of drug-likeness (QED) is 0.753. The molecule has 1 aliphatic rings. The lowest BCUT2D eigenvalue weighted by Crippen LogP contribution is -2.47. The van der Waals surface area contributed by atoms with Crippen LogP contribution in [-0.2, 0) is 16.0 Å². The third kappa shape index (κ3) is 6.84. The molecule has 1 fully saturated rings. The Morgan fingerprint density at radius 1 is 1.31 bits per heavy atom. The average molecular weight is 384 g/mol. The van der Waals surface area contributed by atoms with Crippen molar-refractivity contribution >= 4 is 24.2 Å². The van der Waals surface area contributed by atoms with Gasteiger partial charge in [0.2, 0.25) is 11.8 Å². The van der Waals surface area contributed by atoms with Crippen LogP contribution in [0.2, 0.25) is 0 Å². The first-order valence-corrected chi connectivity index (χ1v) is 8.94. The minimum Gasteiger partial charge on any atom is -0.496 e. The summed E-state index contributed by atoms with van der Waals surface area (Å²) >= 11 is 0. The van der Waals surface area contributed by atoms with Crippen LogP contribution in [0, 0.1) is 0 Å². The summed E-state index contributed by atoms with van der Waals surface area (Å²) in [7, 11) is 1.61. The van der Waals surface area contributed by atoms with Gasteiger partial charge >= 0.3 is 0 Å². The number of rotatable bonds is 7. The molecule has 1 atom stereocenters. The minimum atomic E-state index is 0. The summed E-state index contributed by atoms with van der Waals surface area (Å²) in [4.78, 5) is 26.3. The molecule has 2 amide bonds. The fourth-order valence-corrected chi connectivity index (χ4v) is 3.06. The zero-order valence-electron chi connectivity index (χ0n) is 15.6. The zero-order valence-corrected chi connectivity index (χ0v) is 16.4. The van der Waals surface area contributed by atoms with Gasteiger partial charge in [-0.3, -0.25) is 9.59 Å². The Morgan fingerprint density at radius 3 is 2.58 bits per heavy atom. The molecule has 0 aromatic heterocycles. The molecule has 3 N–H and O–H groups in total. The second-order valence-corrected chi connectivity index (χ2v) is 6.73. The molecule has 0 bridgehead atoms. The van der Waals surface area contributed by atoms with Crippen molar-refractivity contribution in [2.75, 3.05) is 20.2 Å². The van der Waals surface area contributed by atoms with Gasteiger partial charge in [0.25, 0.3) is 0 Å². The summed E-state index contributed by atoms with van der Waals surface area (Å²) in [6.45, 7) is 3.25. The van der Waals surface area contributed by atoms with Crippen molar-refractivity contribution in [2.24, 2.45) is 5.73 Å². The van der Waals surface area contributed by atoms with Crippen LogP contribution in [0.25, 0.3) is 0 Å². The summed E-state index contributed by atoms with van der Waals surface area (Å²) < 4.78 is 5.31. The van der Waals surface area contributed by atoms with Gasteiger partial charge in [-0.15, -0.1) is 12.4 Å². The fraction of sp³-hybridized carbons (Fsp3) is 0.579. The van der Waals surface area contributed by atoms with Crippen molar-refractivity contribution in [1.29, 1.82) is 0 Å². The Bertz CT molecular complexity index is 587. The molecule has 0 spiro atoms. The number of nitrogens with zero attached hydrogens (tertiary/aromatic N) is 1. The maximum atomic E-state index is 12.5. The van der Waals surface area contributed by atoms with Gasteiger partial charge < -0.3 is 20.7 Å². The Balaban J connectivity index is 0.00000338. The number of methoxy groups -OCH3 is 1. The van der Waals surface area contributed by atoms with Crippen LogP contribution in [0.4, 0.5) is 0 Å². The van der Waals surface area contributed by atoms with Gasteiger partial charge in [0.1, 0.15) is 5.75 Å². The number of piperidine rings is 1. The van der Waals surface area contributed by atoms with Gasteiger partial charge in [-0.1, -0.05) is 18.2 Å². The summed E-state index contributed by atoms with van der Waals surface area (Å²) in [5, 5.41) is 3.05. The van der Waals surface area contributed by atoms with E-state index in [1.807, 2.05) is 36.1 Å². The SMILES string of the molecule is COc1ccccc1CC(=O)N1CCC(NC(=O)CCC(C)N)CC1.Cl. The number of likely N-dealkylation sites (tertiary alicyclic amines) is 1. The summed E-state index contributed by atoms with van der Waals surface area (Å²) in [6.07, 6.45) is 3.09. The second-order valence-electron chi connectivity index (χ2n) is 6.73. The maximum Gasteiger partial charge on any atom is 0.227 e. The Hall–Kier alpha value is -1.79. The molecule has 146 valence electrons. The highest BCUT2D eigenvalue weighted by atomic mass is 35.5. The highest BCUT2D eigenvalue weighted by Crippen LogP contribution is 2.20. The average Bonchev–Trinajstić information content (AvgIpc) is 2.61. The molecule has 6 nitrogen and oxygen atoms in total. The second kappa shape index (κ2) is 11.0. The molecule has 1 aliphatic heterocycles. The van der Waals surface area contributed by atoms with Crippen LogP contribution in [0.3, 0.4) is 0 Å². The van der Waals surface area contributed by atoms with E-state index in [9.17, 15) is 9.59 Å². The van der Waals surface area contributed by atoms with Gasteiger partial charge in [0.05, 0.1) is 13.5 Å². The number of halogens is 1. The number of amides is 2. The molecule has 1 aromatic carbocycles. The molecule has 26 heavy (non-hydrogen) atoms. The third-order valence-electron chi connectivity index (χ3n) is 4.57. The number of hydrogen-bond donors (Lipinski definition) is 2. The molecule has 1 aromatic rings. The first kappa shape index (κ1) is 22.3. The third-order valence-corrected chi connectivity index (χ3v) is 4.57. The number of benzene rings is 1. The molecule has 2 rings (SSSR count). The minimum absolute atomic E-state index is 0. The van der Waals surface area contributed by atoms with E-state index in [2.05, 4.69) is 5.32 Å². The molecule has 0 radical (unpaired) electrons. The van der Waals surface area contributed by atoms with Crippen LogP contribution in [0.1, 0.15) is 38.2 Å². The summed E-state index contributed by atoms with van der Waals surface area (Å²) in [5.41, 5.74) is 6.58. The first-order valence-electron chi connectivity index (χ1n) is 8.94. The number of para-hydroxylation sites is 1. The van der Waals surface area contributed by atoms with E-state index in [4.69, 9.17) is 10.5 Å². The van der Waals surface area contributed by atoms with E-state index in [-0.39, 0.29) is 36.3 Å². The molecule has 0 saturated carbocycles. The molecular weight excluding hydrogens is 354 g/mol. The topological polar surface area (TPSA) is 84.7 Å². The molecule has 1 saturated heterocycles. The lowest BCUT2D eigenvalue weighted by Gasteiger charge is -2.32. The number of hydrogen-bond acceptors (Lipinski definition) is 4. The van der Waals surface area contributed by atoms with Crippen molar-refractivity contribution in [2.45, 2.75) is 51.1 Å². The number of carbonyl (C=O) groups excluding carboxylic acids is 2. The Labute approximate surface area is 161 Å². The van der Waals surface area contributed by atoms with Gasteiger partial charge in [-0.2, -0.15) is 0 Å². The van der Waals surface area contributed by atoms with Crippen molar-refractivity contribution < 1.29 is 14.3 Å². The molecule has 1 unspecified atom stereocenters. The van der Waals surface area contributed by atoms with E-state index in [1.165, 1.54) is 0 Å². The van der Waals surface area contributed by atoms with Gasteiger partial charge in [-0.25, -0.2) is 0 Å². The van der Waals surface area contributed by atoms with E-state index < -0.39 is 0 Å². The van der Waals surface area contributed by atoms with E-state index in [0.29, 0.717) is 32.4 Å². The van der Waals surface area contributed by atoms with Crippen LogP contribution < -0.4 is 15.8 Å². The lowest BCUT2D eigenvalue weighted by atomic mass is 10.0. The van der Waals surface area contributed by atoms with E-state index >= 15 is 0 Å². The van der Waals surface area contributed by atoms with Crippen molar-refractivity contribution in [3.05, 3.63) is 29.8 Å². The van der Waals surface area contributed by atoms with E-state index in [1.54, 1.807) is 7.11 Å². The van der Waals surface area contributed by atoms with Crippen LogP contribution in [0.15, 0.2) is 24.3 Å². The van der Waals surface area contributed by atoms with Crippen molar-refractivity contribution in [1.82, 2.24) is 10.2 Å². The summed E-state index contributed by atoms with van der Waals surface area (Å²) in [5.74, 6) is 0.898. The monoisotopic (exact) mass is 383 g/mol. The highest BCUT2D eigenvalue weighted by molar-refractivity contribution is 5.85. The molecular formula is C19H30ClN3O3. The van der Waals surface area contributed by atoms with Crippen LogP contribution >= 0.6 is 12.4 Å². The number of carbonyl (C=O) groups is 2. The largest absolute Gasteiger partial charge is 0.496 e. The number of ether oxygens (including phenoxy) is 1. The standard InChI is InChI=1S/C19H29N3O3.ClH/c1-14(20)7-8-18(23)21-16-9-11-22(12-10-16)19(24)13-15-5-3-4-6-17(15)25-2;/h3-6,14,16H,7-13,20H2,1-2H3,(H,21,23);1H. The van der Waals surface area contributed by atoms with Crippen LogP contribution in [0.5, 0.6) is 5.75 Å². The predicted molar refractivity (Wildman–Crippen MR) is 105 cm³/mol. The number of nitrogens with two attached hydrogens (primary N) is 1. The Morgan fingerprint density at radius 2 is 1.96 bits per heavy atom. The maximum absolute atomic E-state index is 12.5. The van der Waals surface area contributed by atoms with Crippen molar-refractivity contribution in [3.8, 4) is 5.75 Å². The smallest absolute Gasteiger partial charge is 0.227 e. The molecule has 0 aliphatic carbocycles. The fourth-order valence-electron chi connectivity index (χ4n) is 3.06. The van der Waals surface area contributed by atoms with E-state index in [0.717, 1.165) is 24.2 Å². The lowest BCUT2D eigenvalue weighted by molar-refractivity contribution is -0.131. The van der Waals surface area contributed by atoms with Gasteiger partial charge in [0, 0.05) is 37.2 Å². The predicted octanol–water partition coefficient (Wildman–Crippen LogP) is 1.89.